The van der Waals surface area contributed by atoms with E-state index in [-0.39, 0.29) is 13.3 Å². The third kappa shape index (κ3) is 13.9. The normalized spacial score (nSPS) is 50.8. The Hall–Kier alpha value is -2.23. The molecule has 0 radical (unpaired) electrons. The Balaban J connectivity index is 1.01. The molecule has 14 bridgehead atoms. The Morgan fingerprint density at radius 3 is 0.779 bits per heavy atom. The molecule has 0 amide bonds. The molecule has 0 aliphatic carbocycles. The molecule has 1 aromatic rings. The van der Waals surface area contributed by atoms with Gasteiger partial charge in [-0.2, -0.15) is 0 Å². The number of aliphatic hydroxyl groups excluding tert-OH is 20. The summed E-state index contributed by atoms with van der Waals surface area (Å²) in [6.45, 7) is -6.82. The lowest BCUT2D eigenvalue weighted by Gasteiger charge is -2.50. The van der Waals surface area contributed by atoms with Gasteiger partial charge in [0.15, 0.2) is 44.0 Å². The molecular weight excluding hydrogens is 1180 g/mol. The Kier molecular flexibility index (Phi) is 23.4. The van der Waals surface area contributed by atoms with Gasteiger partial charge in [-0.1, -0.05) is 0 Å². The first-order valence-corrected chi connectivity index (χ1v) is 27.7. The van der Waals surface area contributed by atoms with Crippen LogP contribution in [0.15, 0.2) is 12.5 Å². The van der Waals surface area contributed by atoms with Crippen molar-refractivity contribution in [1.82, 2.24) is 9.55 Å². The van der Waals surface area contributed by atoms with Gasteiger partial charge >= 0.3 is 0 Å². The van der Waals surface area contributed by atoms with Crippen molar-refractivity contribution in [3.05, 3.63) is 18.2 Å². The van der Waals surface area contributed by atoms with Gasteiger partial charge in [0.25, 0.3) is 0 Å². The van der Waals surface area contributed by atoms with Crippen molar-refractivity contribution >= 4 is 0 Å². The van der Waals surface area contributed by atoms with Crippen LogP contribution < -0.4 is 5.73 Å². The second kappa shape index (κ2) is 29.6. The molecular formula is C48H79N3O35. The van der Waals surface area contributed by atoms with Gasteiger partial charge in [0.05, 0.1) is 58.3 Å². The largest absolute Gasteiger partial charge is 0.394 e. The minimum absolute atomic E-state index is 0.236. The predicted molar refractivity (Wildman–Crippen MR) is 262 cm³/mol. The van der Waals surface area contributed by atoms with Gasteiger partial charge in [0.1, 0.15) is 178 Å². The second-order valence-electron chi connectivity index (χ2n) is 21.9. The fourth-order valence-corrected chi connectivity index (χ4v) is 11.4. The van der Waals surface area contributed by atoms with Crippen LogP contribution in [0.5, 0.6) is 0 Å². The molecule has 22 N–H and O–H groups in total. The van der Waals surface area contributed by atoms with Crippen LogP contribution in [-0.4, -0.2) is 379 Å². The summed E-state index contributed by atoms with van der Waals surface area (Å²) in [6, 6.07) is 0. The van der Waals surface area contributed by atoms with E-state index >= 15 is 0 Å². The quantitative estimate of drug-likeness (QED) is 0.0924. The zero-order valence-corrected chi connectivity index (χ0v) is 45.5. The molecule has 22 rings (SSSR count). The maximum atomic E-state index is 11.8. The van der Waals surface area contributed by atoms with Gasteiger partial charge in [0.2, 0.25) is 0 Å². The Morgan fingerprint density at radius 1 is 0.337 bits per heavy atom. The smallest absolute Gasteiger partial charge is 0.187 e. The van der Waals surface area contributed by atoms with Crippen LogP contribution in [0.25, 0.3) is 0 Å². The highest BCUT2D eigenvalue weighted by Crippen LogP contribution is 2.39. The van der Waals surface area contributed by atoms with Crippen LogP contribution in [0.2, 0.25) is 0 Å². The highest BCUT2D eigenvalue weighted by Gasteiger charge is 2.59. The molecule has 38 nitrogen and oxygen atoms in total. The average Bonchev–Trinajstić information content (AvgIpc) is 1.29. The summed E-state index contributed by atoms with van der Waals surface area (Å²) in [5.41, 5.74) is 6.26. The number of hydrogen-bond acceptors (Lipinski definition) is 37. The number of hydrogen-bond donors (Lipinski definition) is 21. The molecule has 0 aromatic carbocycles. The predicted octanol–water partition coefficient (Wildman–Crippen LogP) is -14.9. The molecule has 21 saturated heterocycles. The van der Waals surface area contributed by atoms with Crippen molar-refractivity contribution in [3.63, 3.8) is 0 Å². The van der Waals surface area contributed by atoms with Gasteiger partial charge in [-0.25, -0.2) is 4.98 Å². The average molecular weight is 1260 g/mol. The maximum absolute atomic E-state index is 11.8. The highest BCUT2D eigenvalue weighted by molar-refractivity contribution is 5.02. The summed E-state index contributed by atoms with van der Waals surface area (Å²) in [5.74, 6) is 0. The Bertz CT molecular complexity index is 2220. The molecule has 0 saturated carbocycles. The summed E-state index contributed by atoms with van der Waals surface area (Å²) in [5, 5.41) is 223. The SMILES string of the molecule is NCCc1cn(COC[C@H]2O[C@@H]3O[C@H]4[C@H](O)[C@@H](O)[C@@H](O[C@H]5[C@H](O)[C@@H](O)[C@@H](O[C@H]6[C@H](O)[C@@H](O)[C@@H](O[C@H]7[C@H](O)[C@@H](O)[C@@H](O[C@H]8[C@H](O)[C@@H](O)[C@@H](O[C@H]9[C@H](O)[C@@H](O)[C@@H](O[C@H]2[C@H](O)[C@H]3O)O[C@@H]9CO)O[C@@H]8CO)O[C@@H]7CO)O[C@@H]6CO)O[C@@H]5CO)O[C@@H]4CO)cn1. The number of rotatable bonds is 12. The Labute approximate surface area is 486 Å². The summed E-state index contributed by atoms with van der Waals surface area (Å²) in [7, 11) is 0. The van der Waals surface area contributed by atoms with E-state index in [9.17, 15) is 102 Å². The standard InChI is InChI=1S/C48H79N3O35/c49-2-1-13-3-51(11-50-13)12-72-10-20-41-27(64)34(71)48(79-20)85-40-19(9-57)77-46(32(69)25(40)62)83-38-17(7-55)75-44(30(67)23(38)60)81-36-15(5-53)73-42(28(65)21(36)58)80-35-14(4-52)74-43(29(66)22(35)59)82-37-16(6-54)76-45(31(68)24(37)61)84-39-18(8-56)78-47(86-41)33(70)26(39)63/h3,11,14-48,52-71H,1-2,4-10,12,49H2/t14-,15-,16-,17-,18-,19-,20-,21-,22-,23-,24-,25-,26-,27-,28-,29-,30-,31-,32-,33-,34-,35-,36-,37-,38-,39-,40-,41-,42-,43-,44-,45-,46-,47-,48-/m1/s1. The summed E-state index contributed by atoms with van der Waals surface area (Å²) < 4.78 is 88.5. The lowest BCUT2D eigenvalue weighted by molar-refractivity contribution is -0.397. The van der Waals surface area contributed by atoms with Crippen molar-refractivity contribution in [3.8, 4) is 0 Å². The molecule has 21 aliphatic rings. The molecule has 21 fully saturated rings. The molecule has 21 aliphatic heterocycles. The minimum atomic E-state index is -2.22. The summed E-state index contributed by atoms with van der Waals surface area (Å²) >= 11 is 0. The molecule has 1 aromatic heterocycles. The van der Waals surface area contributed by atoms with Crippen molar-refractivity contribution < 1.29 is 173 Å². The first kappa shape index (κ1) is 68.1. The molecule has 0 spiro atoms. The van der Waals surface area contributed by atoms with Crippen molar-refractivity contribution in [1.29, 1.82) is 0 Å². The second-order valence-corrected chi connectivity index (χ2v) is 21.9. The third-order valence-electron chi connectivity index (χ3n) is 16.2. The highest BCUT2D eigenvalue weighted by atomic mass is 16.8. The fourth-order valence-electron chi connectivity index (χ4n) is 11.4. The topological polar surface area (TPSA) is 587 Å². The van der Waals surface area contributed by atoms with E-state index in [4.69, 9.17) is 76.8 Å². The minimum Gasteiger partial charge on any atom is -0.394 e. The number of aromatic nitrogens is 2. The van der Waals surface area contributed by atoms with Crippen LogP contribution in [0.4, 0.5) is 0 Å². The van der Waals surface area contributed by atoms with Crippen LogP contribution in [0.1, 0.15) is 5.69 Å². The van der Waals surface area contributed by atoms with Gasteiger partial charge in [-0.05, 0) is 6.54 Å². The van der Waals surface area contributed by atoms with E-state index in [2.05, 4.69) is 4.98 Å². The van der Waals surface area contributed by atoms with Crippen molar-refractivity contribution in [2.75, 3.05) is 52.8 Å². The number of aliphatic hydroxyl groups is 20. The van der Waals surface area contributed by atoms with E-state index < -0.39 is 261 Å². The lowest BCUT2D eigenvalue weighted by Crippen LogP contribution is -2.68. The maximum Gasteiger partial charge on any atom is 0.187 e. The van der Waals surface area contributed by atoms with Gasteiger partial charge in [-0.15, -0.1) is 0 Å². The molecule has 38 heteroatoms. The molecule has 35 atom stereocenters. The van der Waals surface area contributed by atoms with Crippen molar-refractivity contribution in [2.45, 2.75) is 228 Å². The molecule has 86 heavy (non-hydrogen) atoms. The van der Waals surface area contributed by atoms with Crippen molar-refractivity contribution in [2.24, 2.45) is 5.73 Å². The lowest BCUT2D eigenvalue weighted by atomic mass is 9.95. The summed E-state index contributed by atoms with van der Waals surface area (Å²) in [6.07, 6.45) is -66.8. The first-order chi connectivity index (χ1) is 41.1. The first-order valence-electron chi connectivity index (χ1n) is 27.7. The van der Waals surface area contributed by atoms with E-state index in [1.165, 1.54) is 10.9 Å². The van der Waals surface area contributed by atoms with E-state index in [1.807, 2.05) is 0 Å². The van der Waals surface area contributed by atoms with E-state index in [0.717, 1.165) is 0 Å². The van der Waals surface area contributed by atoms with Gasteiger partial charge < -0.3 is 183 Å². The van der Waals surface area contributed by atoms with E-state index in [0.29, 0.717) is 12.1 Å². The van der Waals surface area contributed by atoms with Crippen LogP contribution in [0.3, 0.4) is 0 Å². The number of ether oxygens (including phenoxy) is 15. The molecule has 0 unspecified atom stereocenters. The van der Waals surface area contributed by atoms with Gasteiger partial charge in [0, 0.05) is 12.6 Å². The zero-order chi connectivity index (χ0) is 62.2. The number of imidazole rings is 1. The fraction of sp³-hybridized carbons (Fsp3) is 0.938. The monoisotopic (exact) mass is 1260 g/mol. The van der Waals surface area contributed by atoms with Crippen LogP contribution in [0, 0.1) is 0 Å². The Morgan fingerprint density at radius 2 is 0.558 bits per heavy atom. The van der Waals surface area contributed by atoms with E-state index in [1.54, 1.807) is 6.20 Å². The third-order valence-corrected chi connectivity index (χ3v) is 16.2. The van der Waals surface area contributed by atoms with Crippen LogP contribution in [-0.2, 0) is 84.2 Å². The molecule has 22 heterocycles. The number of nitrogens with two attached hydrogens (primary N) is 1. The van der Waals surface area contributed by atoms with Gasteiger partial charge in [-0.3, -0.25) is 0 Å². The van der Waals surface area contributed by atoms with Crippen LogP contribution >= 0.6 is 0 Å². The number of nitrogens with zero attached hydrogens (tertiary/aromatic N) is 2. The zero-order valence-electron chi connectivity index (χ0n) is 45.5. The summed E-state index contributed by atoms with van der Waals surface area (Å²) in [4.78, 5) is 4.22. The molecule has 496 valence electrons.